The van der Waals surface area contributed by atoms with Gasteiger partial charge in [-0.1, -0.05) is 35.5 Å². The van der Waals surface area contributed by atoms with E-state index in [1.807, 2.05) is 45.9 Å². The molecule has 6 heteroatoms. The first-order chi connectivity index (χ1) is 15.2. The Morgan fingerprint density at radius 1 is 1.00 bits per heavy atom. The maximum absolute atomic E-state index is 13.0. The quantitative estimate of drug-likeness (QED) is 0.518. The van der Waals surface area contributed by atoms with Crippen LogP contribution in [0.1, 0.15) is 49.8 Å². The van der Waals surface area contributed by atoms with Gasteiger partial charge in [0.25, 0.3) is 0 Å². The topological polar surface area (TPSA) is 49.6 Å². The molecule has 5 rings (SSSR count). The van der Waals surface area contributed by atoms with Crippen LogP contribution in [0.25, 0.3) is 11.0 Å². The normalized spacial score (nSPS) is 21.2. The van der Waals surface area contributed by atoms with Gasteiger partial charge in [-0.3, -0.25) is 9.69 Å². The van der Waals surface area contributed by atoms with E-state index in [4.69, 9.17) is 16.1 Å². The summed E-state index contributed by atoms with van der Waals surface area (Å²) in [5.41, 5.74) is 3.26. The molecule has 0 spiro atoms. The number of piperazine rings is 1. The highest BCUT2D eigenvalue weighted by molar-refractivity contribution is 6.21. The highest BCUT2D eigenvalue weighted by Gasteiger charge is 2.50. The van der Waals surface area contributed by atoms with Crippen LogP contribution in [0.15, 0.2) is 47.0 Å². The number of alkyl halides is 1. The molecule has 0 bridgehead atoms. The number of fused-ring (bicyclic) bond motifs is 2. The number of nitrogens with zero attached hydrogens (tertiary/aromatic N) is 3. The van der Waals surface area contributed by atoms with Crippen LogP contribution in [0.4, 0.5) is 5.82 Å². The molecular formula is C26H30ClN3O2. The molecule has 0 saturated carbocycles. The molecule has 1 fully saturated rings. The number of benzene rings is 2. The van der Waals surface area contributed by atoms with Crippen molar-refractivity contribution in [2.24, 2.45) is 0 Å². The van der Waals surface area contributed by atoms with Crippen LogP contribution in [-0.4, -0.2) is 48.6 Å². The van der Waals surface area contributed by atoms with Crippen molar-refractivity contribution in [3.05, 3.63) is 59.2 Å². The average Bonchev–Trinajstić information content (AvgIpc) is 3.27. The first-order valence-corrected chi connectivity index (χ1v) is 11.8. The van der Waals surface area contributed by atoms with Gasteiger partial charge >= 0.3 is 0 Å². The fourth-order valence-corrected chi connectivity index (χ4v) is 5.75. The number of rotatable bonds is 4. The summed E-state index contributed by atoms with van der Waals surface area (Å²) in [5.74, 6) is 1.20. The van der Waals surface area contributed by atoms with Gasteiger partial charge in [0.1, 0.15) is 0 Å². The Balaban J connectivity index is 1.27. The van der Waals surface area contributed by atoms with E-state index in [1.165, 1.54) is 0 Å². The molecule has 1 atom stereocenters. The molecule has 0 N–H and O–H groups in total. The zero-order valence-corrected chi connectivity index (χ0v) is 19.9. The van der Waals surface area contributed by atoms with E-state index in [9.17, 15) is 4.79 Å². The summed E-state index contributed by atoms with van der Waals surface area (Å²) in [4.78, 5) is 17.7. The largest absolute Gasteiger partial charge is 0.354 e. The van der Waals surface area contributed by atoms with E-state index in [2.05, 4.69) is 39.2 Å². The minimum Gasteiger partial charge on any atom is -0.354 e. The summed E-state index contributed by atoms with van der Waals surface area (Å²) in [5, 5.41) is 5.24. The molecule has 1 aliphatic heterocycles. The molecule has 1 aromatic heterocycles. The third kappa shape index (κ3) is 3.34. The molecular weight excluding hydrogens is 422 g/mol. The number of anilines is 1. The molecule has 168 valence electrons. The van der Waals surface area contributed by atoms with Crippen molar-refractivity contribution >= 4 is 34.2 Å². The summed E-state index contributed by atoms with van der Waals surface area (Å²) in [6.45, 7) is 12.5. The minimum atomic E-state index is -0.475. The molecule has 2 aromatic carbocycles. The van der Waals surface area contributed by atoms with Gasteiger partial charge in [0.15, 0.2) is 17.2 Å². The van der Waals surface area contributed by atoms with E-state index in [0.29, 0.717) is 0 Å². The lowest BCUT2D eigenvalue weighted by molar-refractivity contribution is -0.126. The third-order valence-electron chi connectivity index (χ3n) is 7.34. The van der Waals surface area contributed by atoms with Crippen molar-refractivity contribution in [1.29, 1.82) is 0 Å². The van der Waals surface area contributed by atoms with Crippen LogP contribution in [0, 0.1) is 0 Å². The second-order valence-electron chi connectivity index (χ2n) is 10.1. The zero-order chi connectivity index (χ0) is 22.7. The Morgan fingerprint density at radius 2 is 1.69 bits per heavy atom. The average molecular weight is 452 g/mol. The van der Waals surface area contributed by atoms with Crippen LogP contribution in [0.2, 0.25) is 0 Å². The van der Waals surface area contributed by atoms with Gasteiger partial charge in [-0.15, -0.1) is 11.6 Å². The van der Waals surface area contributed by atoms with Gasteiger partial charge in [-0.2, -0.15) is 0 Å². The summed E-state index contributed by atoms with van der Waals surface area (Å²) >= 11 is 6.89. The van der Waals surface area contributed by atoms with Gasteiger partial charge in [0, 0.05) is 43.6 Å². The number of para-hydroxylation sites is 1. The van der Waals surface area contributed by atoms with Gasteiger partial charge in [0.2, 0.25) is 0 Å². The third-order valence-corrected chi connectivity index (χ3v) is 7.73. The standard InChI is InChI=1S/C26H30ClN3O2/c1-25(2)19-10-9-17(15-20(19)26(3,4)24(25)31)21(27)16-29-11-13-30(14-12-29)23-18-7-5-6-8-22(18)32-28-23/h5-10,15,21H,11-14,16H2,1-4H3. The van der Waals surface area contributed by atoms with Gasteiger partial charge in [0.05, 0.1) is 10.8 Å². The first kappa shape index (κ1) is 21.5. The molecule has 1 aliphatic carbocycles. The Hall–Kier alpha value is -2.37. The van der Waals surface area contributed by atoms with Crippen LogP contribution < -0.4 is 4.90 Å². The van der Waals surface area contributed by atoms with Gasteiger partial charge in [-0.25, -0.2) is 0 Å². The highest BCUT2D eigenvalue weighted by Crippen LogP contribution is 2.47. The van der Waals surface area contributed by atoms with Crippen molar-refractivity contribution in [3.8, 4) is 0 Å². The molecule has 3 aromatic rings. The summed E-state index contributed by atoms with van der Waals surface area (Å²) in [6.07, 6.45) is 0. The number of carbonyl (C=O) groups is 1. The zero-order valence-electron chi connectivity index (χ0n) is 19.2. The molecule has 1 saturated heterocycles. The number of ketones is 1. The number of carbonyl (C=O) groups excluding carboxylic acids is 1. The smallest absolute Gasteiger partial charge is 0.180 e. The number of hydrogen-bond donors (Lipinski definition) is 0. The van der Waals surface area contributed by atoms with E-state index in [1.54, 1.807) is 0 Å². The molecule has 1 unspecified atom stereocenters. The Kier molecular flexibility index (Phi) is 5.10. The lowest BCUT2D eigenvalue weighted by Gasteiger charge is -2.35. The fraction of sp³-hybridized carbons (Fsp3) is 0.462. The first-order valence-electron chi connectivity index (χ1n) is 11.3. The number of hydrogen-bond acceptors (Lipinski definition) is 5. The fourth-order valence-electron chi connectivity index (χ4n) is 5.42. The highest BCUT2D eigenvalue weighted by atomic mass is 35.5. The van der Waals surface area contributed by atoms with Crippen molar-refractivity contribution in [2.45, 2.75) is 43.9 Å². The van der Waals surface area contributed by atoms with E-state index in [-0.39, 0.29) is 11.2 Å². The summed E-state index contributed by atoms with van der Waals surface area (Å²) < 4.78 is 5.48. The predicted molar refractivity (Wildman–Crippen MR) is 129 cm³/mol. The molecule has 2 aliphatic rings. The maximum Gasteiger partial charge on any atom is 0.180 e. The van der Waals surface area contributed by atoms with Crippen LogP contribution in [0.5, 0.6) is 0 Å². The van der Waals surface area contributed by atoms with E-state index >= 15 is 0 Å². The number of halogens is 1. The Labute approximate surface area is 194 Å². The minimum absolute atomic E-state index is 0.116. The van der Waals surface area contributed by atoms with Gasteiger partial charge < -0.3 is 9.42 Å². The summed E-state index contributed by atoms with van der Waals surface area (Å²) in [6, 6.07) is 14.4. The summed E-state index contributed by atoms with van der Waals surface area (Å²) in [7, 11) is 0. The number of Topliss-reactive ketones (excluding diaryl/α,β-unsaturated/α-hetero) is 1. The van der Waals surface area contributed by atoms with Crippen molar-refractivity contribution in [3.63, 3.8) is 0 Å². The Morgan fingerprint density at radius 3 is 2.44 bits per heavy atom. The molecule has 2 heterocycles. The SMILES string of the molecule is CC1(C)C(=O)C(C)(C)c2cc(C(Cl)CN3CCN(c4noc5ccccc45)CC3)ccc21. The Bertz CT molecular complexity index is 1170. The molecule has 32 heavy (non-hydrogen) atoms. The lowest BCUT2D eigenvalue weighted by Crippen LogP contribution is -2.47. The molecule has 0 radical (unpaired) electrons. The van der Waals surface area contributed by atoms with Crippen LogP contribution in [0.3, 0.4) is 0 Å². The van der Waals surface area contributed by atoms with E-state index < -0.39 is 10.8 Å². The van der Waals surface area contributed by atoms with E-state index in [0.717, 1.165) is 66.2 Å². The van der Waals surface area contributed by atoms with Crippen molar-refractivity contribution in [1.82, 2.24) is 10.1 Å². The number of aromatic nitrogens is 1. The predicted octanol–water partition coefficient (Wildman–Crippen LogP) is 5.07. The molecule has 0 amide bonds. The lowest BCUT2D eigenvalue weighted by atomic mass is 9.80. The van der Waals surface area contributed by atoms with Crippen LogP contribution >= 0.6 is 11.6 Å². The second-order valence-corrected chi connectivity index (χ2v) is 10.7. The monoisotopic (exact) mass is 451 g/mol. The second kappa shape index (κ2) is 7.60. The van der Waals surface area contributed by atoms with Crippen molar-refractivity contribution in [2.75, 3.05) is 37.6 Å². The maximum atomic E-state index is 13.0. The van der Waals surface area contributed by atoms with Crippen LogP contribution in [-0.2, 0) is 15.6 Å². The van der Waals surface area contributed by atoms with Crippen molar-refractivity contribution < 1.29 is 9.32 Å². The van der Waals surface area contributed by atoms with Gasteiger partial charge in [-0.05, 0) is 56.5 Å². The molecule has 5 nitrogen and oxygen atoms in total.